The molecular weight excluding hydrogens is 322 g/mol. The number of benzene rings is 1. The first-order valence-electron chi connectivity index (χ1n) is 7.94. The van der Waals surface area contributed by atoms with Gasteiger partial charge in [-0.25, -0.2) is 0 Å². The highest BCUT2D eigenvalue weighted by Gasteiger charge is 2.14. The Hall–Kier alpha value is -2.96. The van der Waals surface area contributed by atoms with Gasteiger partial charge in [-0.05, 0) is 18.6 Å². The van der Waals surface area contributed by atoms with Gasteiger partial charge >= 0.3 is 0 Å². The minimum absolute atomic E-state index is 0.199. The third-order valence-electron chi connectivity index (χ3n) is 3.48. The molecule has 7 nitrogen and oxygen atoms in total. The predicted octanol–water partition coefficient (Wildman–Crippen LogP) is 2.99. The monoisotopic (exact) mass is 345 g/mol. The maximum atomic E-state index is 12.0. The summed E-state index contributed by atoms with van der Waals surface area (Å²) in [6.45, 7) is 2.61. The van der Waals surface area contributed by atoms with E-state index in [2.05, 4.69) is 15.6 Å². The average Bonchev–Trinajstić information content (AvgIpc) is 2.65. The van der Waals surface area contributed by atoms with E-state index in [1.165, 1.54) is 0 Å². The summed E-state index contributed by atoms with van der Waals surface area (Å²) in [5.74, 6) is 1.40. The van der Waals surface area contributed by atoms with Crippen LogP contribution < -0.4 is 24.8 Å². The molecule has 1 amide bonds. The van der Waals surface area contributed by atoms with Gasteiger partial charge in [0.05, 0.1) is 21.3 Å². The van der Waals surface area contributed by atoms with Crippen molar-refractivity contribution in [2.75, 3.05) is 33.2 Å². The summed E-state index contributed by atoms with van der Waals surface area (Å²) < 4.78 is 16.0. The van der Waals surface area contributed by atoms with E-state index in [0.717, 1.165) is 17.8 Å². The van der Waals surface area contributed by atoms with Gasteiger partial charge in [-0.1, -0.05) is 6.92 Å². The standard InChI is InChI=1S/C18H23N3O4/c1-5-7-20-18(22)14-9-12(6-8-19-14)21-13-10-15(23-2)17(25-4)16(11-13)24-3/h6,8-11H,5,7H2,1-4H3,(H,19,21)(H,20,22). The van der Waals surface area contributed by atoms with Crippen molar-refractivity contribution in [1.29, 1.82) is 0 Å². The number of pyridine rings is 1. The third-order valence-corrected chi connectivity index (χ3v) is 3.48. The van der Waals surface area contributed by atoms with Crippen molar-refractivity contribution in [3.8, 4) is 17.2 Å². The fourth-order valence-corrected chi connectivity index (χ4v) is 2.28. The quantitative estimate of drug-likeness (QED) is 0.765. The highest BCUT2D eigenvalue weighted by molar-refractivity contribution is 5.93. The van der Waals surface area contributed by atoms with Gasteiger partial charge in [0, 0.05) is 36.2 Å². The van der Waals surface area contributed by atoms with E-state index < -0.39 is 0 Å². The number of hydrogen-bond donors (Lipinski definition) is 2. The second kappa shape index (κ2) is 8.77. The molecule has 0 spiro atoms. The average molecular weight is 345 g/mol. The van der Waals surface area contributed by atoms with Crippen LogP contribution in [0, 0.1) is 0 Å². The maximum absolute atomic E-state index is 12.0. The van der Waals surface area contributed by atoms with E-state index in [-0.39, 0.29) is 5.91 Å². The molecule has 0 unspecified atom stereocenters. The first-order chi connectivity index (χ1) is 12.1. The topological polar surface area (TPSA) is 81.7 Å². The minimum Gasteiger partial charge on any atom is -0.493 e. The van der Waals surface area contributed by atoms with E-state index in [9.17, 15) is 4.79 Å². The van der Waals surface area contributed by atoms with E-state index >= 15 is 0 Å². The number of anilines is 2. The van der Waals surface area contributed by atoms with Crippen LogP contribution in [-0.2, 0) is 0 Å². The van der Waals surface area contributed by atoms with Crippen LogP contribution in [0.25, 0.3) is 0 Å². The number of nitrogens with zero attached hydrogens (tertiary/aromatic N) is 1. The molecule has 25 heavy (non-hydrogen) atoms. The van der Waals surface area contributed by atoms with Crippen molar-refractivity contribution in [2.45, 2.75) is 13.3 Å². The molecule has 2 aromatic rings. The number of carbonyl (C=O) groups is 1. The molecule has 2 rings (SSSR count). The second-order valence-corrected chi connectivity index (χ2v) is 5.22. The van der Waals surface area contributed by atoms with Gasteiger partial charge in [0.25, 0.3) is 5.91 Å². The molecule has 0 aliphatic rings. The van der Waals surface area contributed by atoms with E-state index in [1.54, 1.807) is 51.8 Å². The Morgan fingerprint density at radius 1 is 1.04 bits per heavy atom. The van der Waals surface area contributed by atoms with E-state index in [1.807, 2.05) is 6.92 Å². The number of methoxy groups -OCH3 is 3. The normalized spacial score (nSPS) is 10.1. The molecule has 0 saturated carbocycles. The molecule has 0 atom stereocenters. The van der Waals surface area contributed by atoms with Gasteiger partial charge in [0.1, 0.15) is 5.69 Å². The van der Waals surface area contributed by atoms with Gasteiger partial charge in [-0.15, -0.1) is 0 Å². The van der Waals surface area contributed by atoms with Crippen molar-refractivity contribution in [2.24, 2.45) is 0 Å². The molecule has 0 aliphatic carbocycles. The zero-order chi connectivity index (χ0) is 18.2. The third kappa shape index (κ3) is 4.53. The molecule has 2 N–H and O–H groups in total. The summed E-state index contributed by atoms with van der Waals surface area (Å²) >= 11 is 0. The Labute approximate surface area is 147 Å². The van der Waals surface area contributed by atoms with Crippen molar-refractivity contribution >= 4 is 17.3 Å². The number of ether oxygens (including phenoxy) is 3. The van der Waals surface area contributed by atoms with Crippen molar-refractivity contribution in [3.05, 3.63) is 36.2 Å². The fraction of sp³-hybridized carbons (Fsp3) is 0.333. The Kier molecular flexibility index (Phi) is 6.45. The van der Waals surface area contributed by atoms with Crippen LogP contribution in [0.2, 0.25) is 0 Å². The van der Waals surface area contributed by atoms with Crippen LogP contribution in [0.5, 0.6) is 17.2 Å². The Bertz CT molecular complexity index is 709. The summed E-state index contributed by atoms with van der Waals surface area (Å²) in [6.07, 6.45) is 2.45. The van der Waals surface area contributed by atoms with Gasteiger partial charge < -0.3 is 24.8 Å². The zero-order valence-electron chi connectivity index (χ0n) is 14.9. The SMILES string of the molecule is CCCNC(=O)c1cc(Nc2cc(OC)c(OC)c(OC)c2)ccn1. The first-order valence-corrected chi connectivity index (χ1v) is 7.94. The van der Waals surface area contributed by atoms with Crippen LogP contribution in [0.4, 0.5) is 11.4 Å². The van der Waals surface area contributed by atoms with Crippen LogP contribution in [0.3, 0.4) is 0 Å². The molecule has 0 saturated heterocycles. The van der Waals surface area contributed by atoms with Crippen molar-refractivity contribution < 1.29 is 19.0 Å². The summed E-state index contributed by atoms with van der Waals surface area (Å²) in [5, 5.41) is 6.03. The largest absolute Gasteiger partial charge is 0.493 e. The number of aromatic nitrogens is 1. The number of nitrogens with one attached hydrogen (secondary N) is 2. The van der Waals surface area contributed by atoms with Crippen molar-refractivity contribution in [1.82, 2.24) is 10.3 Å². The molecule has 0 aliphatic heterocycles. The molecule has 1 heterocycles. The lowest BCUT2D eigenvalue weighted by atomic mass is 10.2. The minimum atomic E-state index is -0.199. The van der Waals surface area contributed by atoms with Crippen LogP contribution in [0.15, 0.2) is 30.5 Å². The molecule has 134 valence electrons. The molecule has 0 fully saturated rings. The number of carbonyl (C=O) groups excluding carboxylic acids is 1. The van der Waals surface area contributed by atoms with Crippen LogP contribution in [-0.4, -0.2) is 38.8 Å². The molecule has 0 radical (unpaired) electrons. The van der Waals surface area contributed by atoms with Crippen LogP contribution >= 0.6 is 0 Å². The Balaban J connectivity index is 2.26. The highest BCUT2D eigenvalue weighted by atomic mass is 16.5. The summed E-state index contributed by atoms with van der Waals surface area (Å²) in [5.41, 5.74) is 1.82. The van der Waals surface area contributed by atoms with Crippen molar-refractivity contribution in [3.63, 3.8) is 0 Å². The molecule has 0 bridgehead atoms. The lowest BCUT2D eigenvalue weighted by Gasteiger charge is -2.15. The summed E-state index contributed by atoms with van der Waals surface area (Å²) in [6, 6.07) is 7.05. The first kappa shape index (κ1) is 18.4. The number of rotatable bonds is 8. The fourth-order valence-electron chi connectivity index (χ4n) is 2.28. The number of hydrogen-bond acceptors (Lipinski definition) is 6. The lowest BCUT2D eigenvalue weighted by molar-refractivity contribution is 0.0948. The van der Waals surface area contributed by atoms with Gasteiger partial charge in [0.15, 0.2) is 11.5 Å². The van der Waals surface area contributed by atoms with Gasteiger partial charge in [-0.2, -0.15) is 0 Å². The van der Waals surface area contributed by atoms with Gasteiger partial charge in [0.2, 0.25) is 5.75 Å². The number of amides is 1. The van der Waals surface area contributed by atoms with Gasteiger partial charge in [-0.3, -0.25) is 9.78 Å². The summed E-state index contributed by atoms with van der Waals surface area (Å²) in [4.78, 5) is 16.1. The van der Waals surface area contributed by atoms with E-state index in [4.69, 9.17) is 14.2 Å². The predicted molar refractivity (Wildman–Crippen MR) is 96.2 cm³/mol. The molecule has 1 aromatic carbocycles. The van der Waals surface area contributed by atoms with E-state index in [0.29, 0.717) is 29.5 Å². The molecule has 7 heteroatoms. The molecule has 1 aromatic heterocycles. The molecular formula is C18H23N3O4. The maximum Gasteiger partial charge on any atom is 0.269 e. The van der Waals surface area contributed by atoms with Crippen LogP contribution in [0.1, 0.15) is 23.8 Å². The highest BCUT2D eigenvalue weighted by Crippen LogP contribution is 2.40. The zero-order valence-corrected chi connectivity index (χ0v) is 14.9. The second-order valence-electron chi connectivity index (χ2n) is 5.22. The summed E-state index contributed by atoms with van der Waals surface area (Å²) in [7, 11) is 4.67. The smallest absolute Gasteiger partial charge is 0.269 e. The lowest BCUT2D eigenvalue weighted by Crippen LogP contribution is -2.24. The Morgan fingerprint density at radius 2 is 1.72 bits per heavy atom. The Morgan fingerprint density at radius 3 is 2.28 bits per heavy atom.